The van der Waals surface area contributed by atoms with Crippen molar-refractivity contribution in [3.63, 3.8) is 0 Å². The van der Waals surface area contributed by atoms with E-state index in [0.717, 1.165) is 30.8 Å². The Morgan fingerprint density at radius 1 is 1.00 bits per heavy atom. The van der Waals surface area contributed by atoms with Gasteiger partial charge in [-0.05, 0) is 42.4 Å². The SMILES string of the molecule is CCN(CC)CCN(Cc1ccncc1)C(=O)/C=C/c1ccccc1. The molecule has 0 saturated heterocycles. The lowest BCUT2D eigenvalue weighted by molar-refractivity contribution is -0.126. The van der Waals surface area contributed by atoms with Gasteiger partial charge in [-0.1, -0.05) is 44.2 Å². The highest BCUT2D eigenvalue weighted by Crippen LogP contribution is 2.07. The monoisotopic (exact) mass is 337 g/mol. The van der Waals surface area contributed by atoms with Crippen LogP contribution in [0.5, 0.6) is 0 Å². The topological polar surface area (TPSA) is 36.4 Å². The van der Waals surface area contributed by atoms with E-state index in [1.165, 1.54) is 0 Å². The second-order valence-electron chi connectivity index (χ2n) is 5.89. The third kappa shape index (κ3) is 6.51. The molecule has 0 saturated carbocycles. The first-order valence-corrected chi connectivity index (χ1v) is 8.86. The van der Waals surface area contributed by atoms with E-state index in [2.05, 4.69) is 23.7 Å². The third-order valence-corrected chi connectivity index (χ3v) is 4.23. The lowest BCUT2D eigenvalue weighted by Gasteiger charge is -2.25. The standard InChI is InChI=1S/C21H27N3O/c1-3-23(4-2)16-17-24(18-20-12-14-22-15-13-20)21(25)11-10-19-8-6-5-7-9-19/h5-15H,3-4,16-18H2,1-2H3/b11-10+. The molecule has 2 aromatic rings. The number of carbonyl (C=O) groups is 1. The molecule has 0 bridgehead atoms. The van der Waals surface area contributed by atoms with Crippen molar-refractivity contribution >= 4 is 12.0 Å². The number of pyridine rings is 1. The zero-order valence-corrected chi connectivity index (χ0v) is 15.1. The Bertz CT molecular complexity index is 651. The molecule has 1 amide bonds. The quantitative estimate of drug-likeness (QED) is 0.658. The zero-order chi connectivity index (χ0) is 17.9. The first kappa shape index (κ1) is 18.9. The van der Waals surface area contributed by atoms with Crippen molar-refractivity contribution in [3.05, 3.63) is 72.1 Å². The Balaban J connectivity index is 2.06. The first-order valence-electron chi connectivity index (χ1n) is 8.86. The fourth-order valence-corrected chi connectivity index (χ4v) is 2.61. The largest absolute Gasteiger partial charge is 0.334 e. The Morgan fingerprint density at radius 3 is 2.32 bits per heavy atom. The molecular weight excluding hydrogens is 310 g/mol. The molecule has 132 valence electrons. The van der Waals surface area contributed by atoms with Crippen LogP contribution >= 0.6 is 0 Å². The van der Waals surface area contributed by atoms with Crippen molar-refractivity contribution in [2.45, 2.75) is 20.4 Å². The molecule has 1 aromatic heterocycles. The molecule has 0 aliphatic rings. The molecule has 2 rings (SSSR count). The molecule has 1 aromatic carbocycles. The summed E-state index contributed by atoms with van der Waals surface area (Å²) in [6.07, 6.45) is 7.07. The van der Waals surface area contributed by atoms with Gasteiger partial charge >= 0.3 is 0 Å². The fraction of sp³-hybridized carbons (Fsp3) is 0.333. The smallest absolute Gasteiger partial charge is 0.246 e. The van der Waals surface area contributed by atoms with E-state index in [1.807, 2.05) is 53.4 Å². The van der Waals surface area contributed by atoms with Crippen LogP contribution in [0.1, 0.15) is 25.0 Å². The van der Waals surface area contributed by atoms with Gasteiger partial charge in [-0.25, -0.2) is 0 Å². The highest BCUT2D eigenvalue weighted by atomic mass is 16.2. The van der Waals surface area contributed by atoms with Crippen LogP contribution in [0.4, 0.5) is 0 Å². The predicted molar refractivity (Wildman–Crippen MR) is 103 cm³/mol. The van der Waals surface area contributed by atoms with Crippen LogP contribution in [0, 0.1) is 0 Å². The number of hydrogen-bond acceptors (Lipinski definition) is 3. The minimum atomic E-state index is 0.0350. The van der Waals surface area contributed by atoms with Gasteiger partial charge in [0.2, 0.25) is 5.91 Å². The van der Waals surface area contributed by atoms with Crippen LogP contribution in [-0.4, -0.2) is 46.9 Å². The number of hydrogen-bond donors (Lipinski definition) is 0. The summed E-state index contributed by atoms with van der Waals surface area (Å²) in [7, 11) is 0. The maximum absolute atomic E-state index is 12.7. The van der Waals surface area contributed by atoms with Crippen LogP contribution in [0.3, 0.4) is 0 Å². The number of rotatable bonds is 9. The van der Waals surface area contributed by atoms with E-state index in [1.54, 1.807) is 18.5 Å². The summed E-state index contributed by atoms with van der Waals surface area (Å²) in [4.78, 5) is 21.0. The number of carbonyl (C=O) groups excluding carboxylic acids is 1. The molecule has 0 fully saturated rings. The molecule has 0 atom stereocenters. The van der Waals surface area contributed by atoms with Crippen LogP contribution in [0.2, 0.25) is 0 Å². The van der Waals surface area contributed by atoms with Crippen molar-refractivity contribution in [1.29, 1.82) is 0 Å². The van der Waals surface area contributed by atoms with Crippen molar-refractivity contribution in [2.24, 2.45) is 0 Å². The minimum Gasteiger partial charge on any atom is -0.334 e. The number of benzene rings is 1. The van der Waals surface area contributed by atoms with Gasteiger partial charge in [0.05, 0.1) is 0 Å². The van der Waals surface area contributed by atoms with Crippen LogP contribution in [-0.2, 0) is 11.3 Å². The number of nitrogens with zero attached hydrogens (tertiary/aromatic N) is 3. The first-order chi connectivity index (χ1) is 12.2. The Kier molecular flexibility index (Phi) is 7.86. The van der Waals surface area contributed by atoms with Crippen molar-refractivity contribution in [1.82, 2.24) is 14.8 Å². The molecular formula is C21H27N3O. The molecule has 4 heteroatoms. The molecule has 25 heavy (non-hydrogen) atoms. The van der Waals surface area contributed by atoms with Crippen molar-refractivity contribution < 1.29 is 4.79 Å². The second kappa shape index (κ2) is 10.4. The average molecular weight is 337 g/mol. The molecule has 0 aliphatic heterocycles. The van der Waals surface area contributed by atoms with Crippen molar-refractivity contribution in [3.8, 4) is 0 Å². The normalized spacial score (nSPS) is 11.2. The van der Waals surface area contributed by atoms with Gasteiger partial charge in [0.15, 0.2) is 0 Å². The van der Waals surface area contributed by atoms with Gasteiger partial charge in [0, 0.05) is 38.1 Å². The highest BCUT2D eigenvalue weighted by molar-refractivity contribution is 5.91. The summed E-state index contributed by atoms with van der Waals surface area (Å²) >= 11 is 0. The Hall–Kier alpha value is -2.46. The van der Waals surface area contributed by atoms with Gasteiger partial charge in [-0.15, -0.1) is 0 Å². The molecule has 0 N–H and O–H groups in total. The predicted octanol–water partition coefficient (Wildman–Crippen LogP) is 3.47. The van der Waals surface area contributed by atoms with E-state index in [0.29, 0.717) is 13.1 Å². The molecule has 1 heterocycles. The van der Waals surface area contributed by atoms with E-state index in [-0.39, 0.29) is 5.91 Å². The second-order valence-corrected chi connectivity index (χ2v) is 5.89. The zero-order valence-electron chi connectivity index (χ0n) is 15.1. The minimum absolute atomic E-state index is 0.0350. The van der Waals surface area contributed by atoms with E-state index in [4.69, 9.17) is 0 Å². The van der Waals surface area contributed by atoms with E-state index >= 15 is 0 Å². The summed E-state index contributed by atoms with van der Waals surface area (Å²) < 4.78 is 0. The van der Waals surface area contributed by atoms with Crippen LogP contribution in [0.25, 0.3) is 6.08 Å². The summed E-state index contributed by atoms with van der Waals surface area (Å²) in [6.45, 7) is 8.47. The van der Waals surface area contributed by atoms with Gasteiger partial charge in [0.25, 0.3) is 0 Å². The summed E-state index contributed by atoms with van der Waals surface area (Å²) in [6, 6.07) is 13.8. The van der Waals surface area contributed by atoms with E-state index in [9.17, 15) is 4.79 Å². The van der Waals surface area contributed by atoms with Crippen LogP contribution < -0.4 is 0 Å². The number of aromatic nitrogens is 1. The van der Waals surface area contributed by atoms with Crippen molar-refractivity contribution in [2.75, 3.05) is 26.2 Å². The number of likely N-dealkylation sites (N-methyl/N-ethyl adjacent to an activating group) is 1. The van der Waals surface area contributed by atoms with Gasteiger partial charge in [0.1, 0.15) is 0 Å². The number of amides is 1. The maximum atomic E-state index is 12.7. The molecule has 0 aliphatic carbocycles. The van der Waals surface area contributed by atoms with Gasteiger partial charge < -0.3 is 9.80 Å². The highest BCUT2D eigenvalue weighted by Gasteiger charge is 2.12. The third-order valence-electron chi connectivity index (χ3n) is 4.23. The molecule has 4 nitrogen and oxygen atoms in total. The molecule has 0 spiro atoms. The average Bonchev–Trinajstić information content (AvgIpc) is 2.67. The van der Waals surface area contributed by atoms with Crippen LogP contribution in [0.15, 0.2) is 60.9 Å². The molecule has 0 radical (unpaired) electrons. The van der Waals surface area contributed by atoms with E-state index < -0.39 is 0 Å². The summed E-state index contributed by atoms with van der Waals surface area (Å²) in [5, 5.41) is 0. The molecule has 0 unspecified atom stereocenters. The lowest BCUT2D eigenvalue weighted by atomic mass is 10.2. The maximum Gasteiger partial charge on any atom is 0.246 e. The lowest BCUT2D eigenvalue weighted by Crippen LogP contribution is -2.37. The fourth-order valence-electron chi connectivity index (χ4n) is 2.61. The Morgan fingerprint density at radius 2 is 1.68 bits per heavy atom. The van der Waals surface area contributed by atoms with Gasteiger partial charge in [-0.3, -0.25) is 9.78 Å². The summed E-state index contributed by atoms with van der Waals surface area (Å²) in [5.41, 5.74) is 2.12. The Labute approximate surface area is 150 Å². The van der Waals surface area contributed by atoms with Gasteiger partial charge in [-0.2, -0.15) is 0 Å². The summed E-state index contributed by atoms with van der Waals surface area (Å²) in [5.74, 6) is 0.0350.